The SMILES string of the molecule is COCC(=O)CCc1ccc(C(C)(C)C)cc1. The molecule has 17 heavy (non-hydrogen) atoms. The summed E-state index contributed by atoms with van der Waals surface area (Å²) in [5.41, 5.74) is 2.72. The number of Topliss-reactive ketones (excluding diaryl/α,β-unsaturated/α-hetero) is 1. The zero-order chi connectivity index (χ0) is 12.9. The number of methoxy groups -OCH3 is 1. The van der Waals surface area contributed by atoms with Crippen LogP contribution in [0.15, 0.2) is 24.3 Å². The molecule has 1 aromatic rings. The standard InChI is InChI=1S/C15H22O2/c1-15(2,3)13-8-5-12(6-9-13)7-10-14(16)11-17-4/h5-6,8-9H,7,10-11H2,1-4H3. The fraction of sp³-hybridized carbons (Fsp3) is 0.533. The molecule has 0 aliphatic rings. The number of rotatable bonds is 5. The van der Waals surface area contributed by atoms with Gasteiger partial charge >= 0.3 is 0 Å². The third kappa shape index (κ3) is 4.70. The molecule has 0 radical (unpaired) electrons. The summed E-state index contributed by atoms with van der Waals surface area (Å²) in [4.78, 5) is 11.3. The highest BCUT2D eigenvalue weighted by Gasteiger charge is 2.12. The number of ketones is 1. The molecule has 0 saturated carbocycles. The second-order valence-corrected chi connectivity index (χ2v) is 5.42. The van der Waals surface area contributed by atoms with Gasteiger partial charge in [-0.3, -0.25) is 4.79 Å². The van der Waals surface area contributed by atoms with Crippen molar-refractivity contribution >= 4 is 5.78 Å². The van der Waals surface area contributed by atoms with Gasteiger partial charge in [0.1, 0.15) is 6.61 Å². The average molecular weight is 234 g/mol. The van der Waals surface area contributed by atoms with Crippen LogP contribution in [0.1, 0.15) is 38.3 Å². The van der Waals surface area contributed by atoms with Crippen LogP contribution in [0.2, 0.25) is 0 Å². The molecule has 0 aromatic heterocycles. The normalized spacial score (nSPS) is 11.5. The van der Waals surface area contributed by atoms with E-state index in [1.54, 1.807) is 7.11 Å². The number of ether oxygens (including phenoxy) is 1. The topological polar surface area (TPSA) is 26.3 Å². The number of aryl methyl sites for hydroxylation is 1. The molecule has 2 nitrogen and oxygen atoms in total. The van der Waals surface area contributed by atoms with E-state index in [1.165, 1.54) is 11.1 Å². The Morgan fingerprint density at radius 2 is 1.76 bits per heavy atom. The number of hydrogen-bond donors (Lipinski definition) is 0. The molecule has 0 unspecified atom stereocenters. The lowest BCUT2D eigenvalue weighted by Crippen LogP contribution is -2.11. The van der Waals surface area contributed by atoms with Crippen LogP contribution in [-0.2, 0) is 21.4 Å². The molecular formula is C15H22O2. The molecule has 0 N–H and O–H groups in total. The van der Waals surface area contributed by atoms with Crippen LogP contribution < -0.4 is 0 Å². The van der Waals surface area contributed by atoms with Gasteiger partial charge in [-0.05, 0) is 23.0 Å². The molecule has 0 saturated heterocycles. The number of benzene rings is 1. The molecule has 0 fully saturated rings. The fourth-order valence-corrected chi connectivity index (χ4v) is 1.69. The molecular weight excluding hydrogens is 212 g/mol. The Hall–Kier alpha value is -1.15. The van der Waals surface area contributed by atoms with E-state index in [0.717, 1.165) is 6.42 Å². The average Bonchev–Trinajstić information content (AvgIpc) is 2.26. The fourth-order valence-electron chi connectivity index (χ4n) is 1.69. The van der Waals surface area contributed by atoms with Crippen LogP contribution in [0.3, 0.4) is 0 Å². The van der Waals surface area contributed by atoms with Gasteiger partial charge in [0.2, 0.25) is 0 Å². The third-order valence-electron chi connectivity index (χ3n) is 2.82. The van der Waals surface area contributed by atoms with Gasteiger partial charge < -0.3 is 4.74 Å². The van der Waals surface area contributed by atoms with Crippen LogP contribution in [0.25, 0.3) is 0 Å². The Balaban J connectivity index is 2.54. The first-order valence-corrected chi connectivity index (χ1v) is 6.03. The van der Waals surface area contributed by atoms with Gasteiger partial charge in [-0.1, -0.05) is 45.0 Å². The summed E-state index contributed by atoms with van der Waals surface area (Å²) < 4.78 is 4.81. The molecule has 2 heteroatoms. The van der Waals surface area contributed by atoms with Gasteiger partial charge in [-0.15, -0.1) is 0 Å². The van der Waals surface area contributed by atoms with E-state index in [-0.39, 0.29) is 17.8 Å². The predicted octanol–water partition coefficient (Wildman–Crippen LogP) is 3.13. The van der Waals surface area contributed by atoms with Crippen molar-refractivity contribution in [2.75, 3.05) is 13.7 Å². The highest BCUT2D eigenvalue weighted by atomic mass is 16.5. The van der Waals surface area contributed by atoms with Gasteiger partial charge in [0, 0.05) is 13.5 Å². The number of carbonyl (C=O) groups excluding carboxylic acids is 1. The smallest absolute Gasteiger partial charge is 0.158 e. The quantitative estimate of drug-likeness (QED) is 0.782. The Morgan fingerprint density at radius 1 is 1.18 bits per heavy atom. The monoisotopic (exact) mass is 234 g/mol. The maximum Gasteiger partial charge on any atom is 0.158 e. The van der Waals surface area contributed by atoms with E-state index in [4.69, 9.17) is 4.74 Å². The largest absolute Gasteiger partial charge is 0.377 e. The van der Waals surface area contributed by atoms with Crippen LogP contribution in [0.5, 0.6) is 0 Å². The molecule has 1 rings (SSSR count). The Morgan fingerprint density at radius 3 is 2.24 bits per heavy atom. The van der Waals surface area contributed by atoms with Crippen molar-refractivity contribution in [3.63, 3.8) is 0 Å². The molecule has 0 bridgehead atoms. The zero-order valence-electron chi connectivity index (χ0n) is 11.2. The third-order valence-corrected chi connectivity index (χ3v) is 2.82. The summed E-state index contributed by atoms with van der Waals surface area (Å²) in [5.74, 6) is 0.160. The maximum absolute atomic E-state index is 11.3. The minimum absolute atomic E-state index is 0.160. The second-order valence-electron chi connectivity index (χ2n) is 5.42. The molecule has 1 aromatic carbocycles. The van der Waals surface area contributed by atoms with Crippen molar-refractivity contribution in [2.24, 2.45) is 0 Å². The van der Waals surface area contributed by atoms with Crippen molar-refractivity contribution in [3.05, 3.63) is 35.4 Å². The highest BCUT2D eigenvalue weighted by Crippen LogP contribution is 2.22. The van der Waals surface area contributed by atoms with Crippen molar-refractivity contribution < 1.29 is 9.53 Å². The first-order valence-electron chi connectivity index (χ1n) is 6.03. The minimum atomic E-state index is 0.160. The molecule has 94 valence electrons. The van der Waals surface area contributed by atoms with E-state index in [2.05, 4.69) is 45.0 Å². The Labute approximate surface area is 104 Å². The van der Waals surface area contributed by atoms with Gasteiger partial charge in [0.15, 0.2) is 5.78 Å². The van der Waals surface area contributed by atoms with E-state index in [9.17, 15) is 4.79 Å². The summed E-state index contributed by atoms with van der Waals surface area (Å²) in [6, 6.07) is 8.52. The summed E-state index contributed by atoms with van der Waals surface area (Å²) in [7, 11) is 1.55. The van der Waals surface area contributed by atoms with Gasteiger partial charge in [-0.25, -0.2) is 0 Å². The van der Waals surface area contributed by atoms with Crippen molar-refractivity contribution in [1.82, 2.24) is 0 Å². The number of hydrogen-bond acceptors (Lipinski definition) is 2. The zero-order valence-corrected chi connectivity index (χ0v) is 11.2. The van der Waals surface area contributed by atoms with Crippen molar-refractivity contribution in [3.8, 4) is 0 Å². The number of carbonyl (C=O) groups is 1. The van der Waals surface area contributed by atoms with Gasteiger partial charge in [0.25, 0.3) is 0 Å². The van der Waals surface area contributed by atoms with Gasteiger partial charge in [-0.2, -0.15) is 0 Å². The summed E-state index contributed by atoms with van der Waals surface area (Å²) in [5, 5.41) is 0. The lowest BCUT2D eigenvalue weighted by Gasteiger charge is -2.19. The van der Waals surface area contributed by atoms with Crippen LogP contribution >= 0.6 is 0 Å². The van der Waals surface area contributed by atoms with Crippen LogP contribution in [0.4, 0.5) is 0 Å². The predicted molar refractivity (Wildman–Crippen MR) is 70.3 cm³/mol. The van der Waals surface area contributed by atoms with E-state index in [1.807, 2.05) is 0 Å². The lowest BCUT2D eigenvalue weighted by atomic mass is 9.86. The molecule has 0 heterocycles. The lowest BCUT2D eigenvalue weighted by molar-refractivity contribution is -0.122. The minimum Gasteiger partial charge on any atom is -0.377 e. The van der Waals surface area contributed by atoms with E-state index >= 15 is 0 Å². The first kappa shape index (κ1) is 13.9. The summed E-state index contributed by atoms with van der Waals surface area (Å²) in [6.45, 7) is 6.82. The Kier molecular flexibility index (Phi) is 4.88. The van der Waals surface area contributed by atoms with Gasteiger partial charge in [0.05, 0.1) is 0 Å². The molecule has 0 spiro atoms. The molecule has 0 atom stereocenters. The highest BCUT2D eigenvalue weighted by molar-refractivity contribution is 5.79. The first-order chi connectivity index (χ1) is 7.93. The van der Waals surface area contributed by atoms with Crippen molar-refractivity contribution in [1.29, 1.82) is 0 Å². The van der Waals surface area contributed by atoms with E-state index < -0.39 is 0 Å². The molecule has 0 aliphatic heterocycles. The summed E-state index contributed by atoms with van der Waals surface area (Å²) in [6.07, 6.45) is 1.36. The van der Waals surface area contributed by atoms with E-state index in [0.29, 0.717) is 6.42 Å². The molecule has 0 amide bonds. The maximum atomic E-state index is 11.3. The molecule has 0 aliphatic carbocycles. The van der Waals surface area contributed by atoms with Crippen LogP contribution in [0, 0.1) is 0 Å². The summed E-state index contributed by atoms with van der Waals surface area (Å²) >= 11 is 0. The second kappa shape index (κ2) is 5.97. The van der Waals surface area contributed by atoms with Crippen LogP contribution in [-0.4, -0.2) is 19.5 Å². The van der Waals surface area contributed by atoms with Crippen molar-refractivity contribution in [2.45, 2.75) is 39.0 Å². The Bertz CT molecular complexity index is 358.